The number of hydrogen-bond acceptors (Lipinski definition) is 6. The second-order valence-electron chi connectivity index (χ2n) is 8.27. The highest BCUT2D eigenvalue weighted by Gasteiger charge is 2.29. The van der Waals surface area contributed by atoms with Crippen LogP contribution in [0, 0.1) is 6.92 Å². The van der Waals surface area contributed by atoms with Gasteiger partial charge in [0.2, 0.25) is 0 Å². The molecule has 31 heavy (non-hydrogen) atoms. The second kappa shape index (κ2) is 7.51. The van der Waals surface area contributed by atoms with E-state index in [0.29, 0.717) is 6.04 Å². The molecule has 4 aromatic rings. The maximum absolute atomic E-state index is 5.56. The van der Waals surface area contributed by atoms with E-state index in [4.69, 9.17) is 9.72 Å². The molecule has 2 aliphatic rings. The Bertz CT molecular complexity index is 1240. The van der Waals surface area contributed by atoms with Crippen molar-refractivity contribution >= 4 is 5.65 Å². The zero-order valence-electron chi connectivity index (χ0n) is 17.5. The third kappa shape index (κ3) is 3.30. The van der Waals surface area contributed by atoms with E-state index in [9.17, 15) is 0 Å². The van der Waals surface area contributed by atoms with Crippen LogP contribution < -0.4 is 0 Å². The highest BCUT2D eigenvalue weighted by atomic mass is 16.5. The van der Waals surface area contributed by atoms with Crippen molar-refractivity contribution in [3.63, 3.8) is 0 Å². The van der Waals surface area contributed by atoms with E-state index in [-0.39, 0.29) is 0 Å². The van der Waals surface area contributed by atoms with Crippen LogP contribution in [0.4, 0.5) is 0 Å². The first-order valence-corrected chi connectivity index (χ1v) is 10.8. The molecule has 1 saturated heterocycles. The summed E-state index contributed by atoms with van der Waals surface area (Å²) in [6.07, 6.45) is 9.83. The van der Waals surface area contributed by atoms with E-state index in [0.717, 1.165) is 61.0 Å². The van der Waals surface area contributed by atoms with E-state index < -0.39 is 0 Å². The molecule has 7 nitrogen and oxygen atoms in total. The molecule has 0 spiro atoms. The fourth-order valence-corrected chi connectivity index (χ4v) is 4.77. The molecule has 1 aliphatic carbocycles. The minimum absolute atomic E-state index is 0.480. The van der Waals surface area contributed by atoms with Crippen LogP contribution in [0.25, 0.3) is 28.0 Å². The number of nitrogens with zero attached hydrogens (tertiary/aromatic N) is 6. The topological polar surface area (TPSA) is 68.4 Å². The summed E-state index contributed by atoms with van der Waals surface area (Å²) in [5.74, 6) is 0.753. The normalized spacial score (nSPS) is 19.1. The van der Waals surface area contributed by atoms with Gasteiger partial charge in [0.15, 0.2) is 5.65 Å². The van der Waals surface area contributed by atoms with Crippen LogP contribution in [-0.4, -0.2) is 55.8 Å². The molecule has 1 aromatic carbocycles. The van der Waals surface area contributed by atoms with Crippen molar-refractivity contribution in [1.82, 2.24) is 29.5 Å². The molecule has 4 heterocycles. The van der Waals surface area contributed by atoms with E-state index in [1.165, 1.54) is 23.1 Å². The highest BCUT2D eigenvalue weighted by molar-refractivity contribution is 5.79. The minimum atomic E-state index is 0.480. The molecule has 3 aromatic heterocycles. The van der Waals surface area contributed by atoms with Crippen molar-refractivity contribution in [2.75, 3.05) is 26.3 Å². The van der Waals surface area contributed by atoms with E-state index in [2.05, 4.69) is 38.2 Å². The molecule has 0 radical (unpaired) electrons. The predicted molar refractivity (Wildman–Crippen MR) is 118 cm³/mol. The van der Waals surface area contributed by atoms with Crippen molar-refractivity contribution in [2.45, 2.75) is 25.8 Å². The second-order valence-corrected chi connectivity index (χ2v) is 8.27. The first kappa shape index (κ1) is 18.6. The van der Waals surface area contributed by atoms with Crippen molar-refractivity contribution < 1.29 is 4.74 Å². The Kier molecular flexibility index (Phi) is 4.51. The van der Waals surface area contributed by atoms with Gasteiger partial charge in [-0.05, 0) is 48.6 Å². The Morgan fingerprint density at radius 3 is 2.68 bits per heavy atom. The Morgan fingerprint density at radius 1 is 1.00 bits per heavy atom. The zero-order chi connectivity index (χ0) is 20.8. The van der Waals surface area contributed by atoms with Crippen LogP contribution in [0.1, 0.15) is 29.4 Å². The largest absolute Gasteiger partial charge is 0.379 e. The van der Waals surface area contributed by atoms with Gasteiger partial charge in [0.05, 0.1) is 25.1 Å². The minimum Gasteiger partial charge on any atom is -0.379 e. The SMILES string of the molecule is Cc1ncc(-c2ccn3ncc(-c4ccc5c(c4)C(N4CCOCC4)CC5)c3n2)cn1. The highest BCUT2D eigenvalue weighted by Crippen LogP contribution is 2.39. The summed E-state index contributed by atoms with van der Waals surface area (Å²) in [6.45, 7) is 5.56. The standard InChI is InChI=1S/C24H24N6O/c1-16-25-13-19(14-26-16)22-6-7-30-24(28-22)21(15-27-30)18-3-2-17-4-5-23(20(17)12-18)29-8-10-31-11-9-29/h2-3,6-7,12-15,23H,4-5,8-11H2,1H3. The first-order chi connectivity index (χ1) is 15.3. The Morgan fingerprint density at radius 2 is 1.84 bits per heavy atom. The number of benzene rings is 1. The van der Waals surface area contributed by atoms with Gasteiger partial charge >= 0.3 is 0 Å². The molecular formula is C24H24N6O. The third-order valence-electron chi connectivity index (χ3n) is 6.44. The van der Waals surface area contributed by atoms with Crippen LogP contribution in [0.2, 0.25) is 0 Å². The van der Waals surface area contributed by atoms with Gasteiger partial charge in [0, 0.05) is 48.8 Å². The molecule has 6 rings (SSSR count). The lowest BCUT2D eigenvalue weighted by atomic mass is 10.00. The molecule has 7 heteroatoms. The molecule has 0 saturated carbocycles. The third-order valence-corrected chi connectivity index (χ3v) is 6.44. The average molecular weight is 412 g/mol. The monoisotopic (exact) mass is 412 g/mol. The number of hydrogen-bond donors (Lipinski definition) is 0. The summed E-state index contributed by atoms with van der Waals surface area (Å²) in [7, 11) is 0. The maximum Gasteiger partial charge on any atom is 0.163 e. The number of ether oxygens (including phenoxy) is 1. The van der Waals surface area contributed by atoms with Gasteiger partial charge in [-0.15, -0.1) is 0 Å². The van der Waals surface area contributed by atoms with Gasteiger partial charge in [0.1, 0.15) is 5.82 Å². The molecule has 1 fully saturated rings. The summed E-state index contributed by atoms with van der Waals surface area (Å²) in [6, 6.07) is 9.28. The Labute approximate surface area is 180 Å². The molecule has 1 aliphatic heterocycles. The fourth-order valence-electron chi connectivity index (χ4n) is 4.77. The zero-order valence-corrected chi connectivity index (χ0v) is 17.5. The summed E-state index contributed by atoms with van der Waals surface area (Å²) >= 11 is 0. The number of aryl methyl sites for hydroxylation is 2. The van der Waals surface area contributed by atoms with Crippen LogP contribution in [-0.2, 0) is 11.2 Å². The summed E-state index contributed by atoms with van der Waals surface area (Å²) in [4.78, 5) is 16.1. The Balaban J connectivity index is 1.40. The molecule has 0 amide bonds. The van der Waals surface area contributed by atoms with Crippen molar-refractivity contribution in [3.8, 4) is 22.4 Å². The van der Waals surface area contributed by atoms with Gasteiger partial charge in [-0.25, -0.2) is 19.5 Å². The molecule has 0 bridgehead atoms. The lowest BCUT2D eigenvalue weighted by Crippen LogP contribution is -2.38. The van der Waals surface area contributed by atoms with Crippen LogP contribution in [0.15, 0.2) is 49.1 Å². The van der Waals surface area contributed by atoms with Crippen LogP contribution in [0.5, 0.6) is 0 Å². The lowest BCUT2D eigenvalue weighted by Gasteiger charge is -2.32. The fraction of sp³-hybridized carbons (Fsp3) is 0.333. The van der Waals surface area contributed by atoms with Gasteiger partial charge in [-0.2, -0.15) is 5.10 Å². The number of rotatable bonds is 3. The van der Waals surface area contributed by atoms with Crippen molar-refractivity contribution in [3.05, 3.63) is 66.0 Å². The van der Waals surface area contributed by atoms with E-state index in [1.54, 1.807) is 0 Å². The molecule has 1 unspecified atom stereocenters. The number of aromatic nitrogens is 5. The van der Waals surface area contributed by atoms with E-state index in [1.807, 2.05) is 42.3 Å². The van der Waals surface area contributed by atoms with Gasteiger partial charge in [-0.3, -0.25) is 4.90 Å². The quantitative estimate of drug-likeness (QED) is 0.513. The van der Waals surface area contributed by atoms with Gasteiger partial charge < -0.3 is 4.74 Å². The summed E-state index contributed by atoms with van der Waals surface area (Å²) in [5.41, 5.74) is 7.72. The smallest absolute Gasteiger partial charge is 0.163 e. The maximum atomic E-state index is 5.56. The summed E-state index contributed by atoms with van der Waals surface area (Å²) in [5, 5.41) is 4.54. The van der Waals surface area contributed by atoms with Crippen LogP contribution >= 0.6 is 0 Å². The Hall–Kier alpha value is -3.16. The number of fused-ring (bicyclic) bond motifs is 2. The van der Waals surface area contributed by atoms with Crippen molar-refractivity contribution in [2.24, 2.45) is 0 Å². The first-order valence-electron chi connectivity index (χ1n) is 10.8. The number of morpholine rings is 1. The molecule has 1 atom stereocenters. The van der Waals surface area contributed by atoms with E-state index >= 15 is 0 Å². The van der Waals surface area contributed by atoms with Crippen molar-refractivity contribution in [1.29, 1.82) is 0 Å². The lowest BCUT2D eigenvalue weighted by molar-refractivity contribution is 0.0164. The summed E-state index contributed by atoms with van der Waals surface area (Å²) < 4.78 is 7.40. The van der Waals surface area contributed by atoms with Gasteiger partial charge in [0.25, 0.3) is 0 Å². The molecule has 0 N–H and O–H groups in total. The molecule has 156 valence electrons. The van der Waals surface area contributed by atoms with Gasteiger partial charge in [-0.1, -0.05) is 12.1 Å². The average Bonchev–Trinajstić information content (AvgIpc) is 3.43. The predicted octanol–water partition coefficient (Wildman–Crippen LogP) is 3.48. The van der Waals surface area contributed by atoms with Crippen LogP contribution in [0.3, 0.4) is 0 Å². The molecular weight excluding hydrogens is 388 g/mol.